The molecule has 0 saturated carbocycles. The van der Waals surface area contributed by atoms with Gasteiger partial charge in [-0.2, -0.15) is 0 Å². The summed E-state index contributed by atoms with van der Waals surface area (Å²) in [5.41, 5.74) is -1.93. The van der Waals surface area contributed by atoms with Crippen LogP contribution in [-0.4, -0.2) is 18.3 Å². The number of fused-ring (bicyclic) bond motifs is 6. The maximum absolute atomic E-state index is 9.09. The van der Waals surface area contributed by atoms with Crippen LogP contribution in [0, 0.1) is 0 Å². The molecule has 0 unspecified atom stereocenters. The molecular formula is C26H23BO3. The topological polar surface area (TPSA) is 31.6 Å². The fourth-order valence-electron chi connectivity index (χ4n) is 3.66. The maximum atomic E-state index is 9.09. The summed E-state index contributed by atoms with van der Waals surface area (Å²) in [4.78, 5) is 0. The molecule has 0 bridgehead atoms. The van der Waals surface area contributed by atoms with E-state index in [4.69, 9.17) is 28.8 Å². The molecule has 1 aromatic heterocycles. The molecule has 6 rings (SSSR count). The lowest BCUT2D eigenvalue weighted by Gasteiger charge is -2.32. The SMILES string of the molecule is [2H]c1c([2H])c([2H])c2c(oc3c([2H])c4c(c([2H])c([2H])c5c([2H])c([2H])c([2H])c([2H])c54)c([2H])c32)c1B1OC(C)(C)C(C)(C)O1. The first-order valence-corrected chi connectivity index (χ1v) is 9.58. The summed E-state index contributed by atoms with van der Waals surface area (Å²) >= 11 is 0. The third-order valence-corrected chi connectivity index (χ3v) is 6.02. The minimum absolute atomic E-state index is 0.0118. The molecule has 1 saturated heterocycles. The molecule has 2 heterocycles. The summed E-state index contributed by atoms with van der Waals surface area (Å²) < 4.78 is 113. The van der Waals surface area contributed by atoms with E-state index in [-0.39, 0.29) is 55.0 Å². The second-order valence-electron chi connectivity index (χ2n) is 8.39. The number of hydrogen-bond donors (Lipinski definition) is 0. The van der Waals surface area contributed by atoms with Crippen molar-refractivity contribution in [3.63, 3.8) is 0 Å². The van der Waals surface area contributed by atoms with Gasteiger partial charge in [-0.1, -0.05) is 54.4 Å². The maximum Gasteiger partial charge on any atom is 0.498 e. The molecule has 0 aliphatic carbocycles. The van der Waals surface area contributed by atoms with Crippen LogP contribution in [0.3, 0.4) is 0 Å². The summed E-state index contributed by atoms with van der Waals surface area (Å²) in [6.45, 7) is 7.24. The van der Waals surface area contributed by atoms with E-state index in [2.05, 4.69) is 0 Å². The van der Waals surface area contributed by atoms with Gasteiger partial charge in [0.1, 0.15) is 11.2 Å². The Morgan fingerprint density at radius 3 is 2.20 bits per heavy atom. The van der Waals surface area contributed by atoms with Crippen molar-refractivity contribution in [2.24, 2.45) is 0 Å². The predicted molar refractivity (Wildman–Crippen MR) is 124 cm³/mol. The van der Waals surface area contributed by atoms with E-state index < -0.39 is 78.7 Å². The molecule has 148 valence electrons. The molecule has 4 heteroatoms. The molecule has 0 spiro atoms. The van der Waals surface area contributed by atoms with Crippen LogP contribution in [0.2, 0.25) is 0 Å². The lowest BCUT2D eigenvalue weighted by Crippen LogP contribution is -2.41. The molecule has 1 aliphatic rings. The van der Waals surface area contributed by atoms with E-state index in [0.717, 1.165) is 0 Å². The summed E-state index contributed by atoms with van der Waals surface area (Å²) in [5, 5.41) is -0.949. The van der Waals surface area contributed by atoms with Gasteiger partial charge in [0.2, 0.25) is 0 Å². The Kier molecular flexibility index (Phi) is 1.96. The van der Waals surface area contributed by atoms with Gasteiger partial charge in [0, 0.05) is 16.2 Å². The molecule has 0 N–H and O–H groups in total. The molecule has 1 fully saturated rings. The van der Waals surface area contributed by atoms with Crippen LogP contribution >= 0.6 is 0 Å². The average molecular weight is 405 g/mol. The highest BCUT2D eigenvalue weighted by molar-refractivity contribution is 6.65. The van der Waals surface area contributed by atoms with Crippen LogP contribution in [0.1, 0.15) is 42.8 Å². The molecule has 30 heavy (non-hydrogen) atoms. The third-order valence-electron chi connectivity index (χ3n) is 6.02. The Bertz CT molecular complexity index is 2020. The summed E-state index contributed by atoms with van der Waals surface area (Å²) in [7, 11) is -1.17. The average Bonchev–Trinajstić information content (AvgIpc) is 3.39. The van der Waals surface area contributed by atoms with Crippen molar-refractivity contribution in [3.8, 4) is 0 Å². The zero-order valence-corrected chi connectivity index (χ0v) is 16.8. The predicted octanol–water partition coefficient (Wildman–Crippen LogP) is 6.19. The summed E-state index contributed by atoms with van der Waals surface area (Å²) in [6, 6.07) is -5.39. The molecule has 5 aromatic rings. The molecule has 0 radical (unpaired) electrons. The van der Waals surface area contributed by atoms with Crippen LogP contribution in [0.25, 0.3) is 43.5 Å². The van der Waals surface area contributed by atoms with Crippen LogP contribution in [0.4, 0.5) is 0 Å². The second kappa shape index (κ2) is 5.87. The minimum atomic E-state index is -1.17. The first-order chi connectivity index (χ1) is 18.9. The van der Waals surface area contributed by atoms with Crippen molar-refractivity contribution in [2.45, 2.75) is 38.9 Å². The molecule has 4 aromatic carbocycles. The van der Waals surface area contributed by atoms with Gasteiger partial charge < -0.3 is 13.7 Å². The van der Waals surface area contributed by atoms with Crippen molar-refractivity contribution in [1.29, 1.82) is 0 Å². The van der Waals surface area contributed by atoms with Gasteiger partial charge in [0.25, 0.3) is 0 Å². The van der Waals surface area contributed by atoms with Crippen LogP contribution in [-0.2, 0) is 9.31 Å². The highest BCUT2D eigenvalue weighted by Crippen LogP contribution is 2.39. The van der Waals surface area contributed by atoms with Crippen molar-refractivity contribution in [3.05, 3.63) is 66.5 Å². The zero-order chi connectivity index (χ0) is 30.2. The molecular weight excluding hydrogens is 371 g/mol. The Labute approximate surface area is 191 Å². The number of hydrogen-bond acceptors (Lipinski definition) is 3. The van der Waals surface area contributed by atoms with Crippen molar-refractivity contribution < 1.29 is 28.8 Å². The number of rotatable bonds is 1. The Balaban J connectivity index is 1.86. The monoisotopic (exact) mass is 405 g/mol. The summed E-state index contributed by atoms with van der Waals surface area (Å²) in [6.07, 6.45) is 0. The van der Waals surface area contributed by atoms with Crippen LogP contribution in [0.15, 0.2) is 70.9 Å². The van der Waals surface area contributed by atoms with Gasteiger partial charge in [0.05, 0.1) is 26.3 Å². The summed E-state index contributed by atoms with van der Waals surface area (Å²) in [5.74, 6) is 0. The van der Waals surface area contributed by atoms with Gasteiger partial charge in [-0.05, 0) is 61.3 Å². The van der Waals surface area contributed by atoms with Gasteiger partial charge in [0.15, 0.2) is 0 Å². The Morgan fingerprint density at radius 1 is 0.700 bits per heavy atom. The van der Waals surface area contributed by atoms with Gasteiger partial charge in [-0.25, -0.2) is 0 Å². The smallest absolute Gasteiger partial charge is 0.456 e. The Morgan fingerprint density at radius 2 is 1.40 bits per heavy atom. The largest absolute Gasteiger partial charge is 0.498 e. The normalized spacial score (nSPS) is 23.3. The number of benzene rings is 4. The number of furan rings is 1. The van der Waals surface area contributed by atoms with Gasteiger partial charge in [-0.15, -0.1) is 0 Å². The van der Waals surface area contributed by atoms with E-state index in [1.165, 1.54) is 0 Å². The first kappa shape index (κ1) is 9.99. The van der Waals surface area contributed by atoms with E-state index in [1.807, 2.05) is 27.7 Å². The molecule has 0 atom stereocenters. The van der Waals surface area contributed by atoms with E-state index in [1.54, 1.807) is 0 Å². The standard InChI is InChI=1S/C26H23BO3/c1-25(2)26(3,4)30-27(29-25)22-11-7-10-19-21-14-17-13-12-16-8-5-6-9-18(16)20(17)15-23(21)28-24(19)22/h5-15H,1-4H3/i5D,6D,7D,8D,9D,10D,11D,12D,13D,14D,15D. The van der Waals surface area contributed by atoms with E-state index in [9.17, 15) is 0 Å². The van der Waals surface area contributed by atoms with Gasteiger partial charge in [-0.3, -0.25) is 0 Å². The second-order valence-corrected chi connectivity index (χ2v) is 8.39. The fourth-order valence-corrected chi connectivity index (χ4v) is 3.66. The third kappa shape index (κ3) is 2.41. The minimum Gasteiger partial charge on any atom is -0.456 e. The highest BCUT2D eigenvalue weighted by Gasteiger charge is 2.52. The van der Waals surface area contributed by atoms with Crippen molar-refractivity contribution >= 4 is 56.1 Å². The quantitative estimate of drug-likeness (QED) is 0.246. The Hall–Kier alpha value is -2.82. The van der Waals surface area contributed by atoms with Crippen molar-refractivity contribution in [1.82, 2.24) is 0 Å². The fraction of sp³-hybridized carbons (Fsp3) is 0.231. The highest BCUT2D eigenvalue weighted by atomic mass is 16.7. The lowest BCUT2D eigenvalue weighted by atomic mass is 9.78. The van der Waals surface area contributed by atoms with Gasteiger partial charge >= 0.3 is 7.12 Å². The molecule has 3 nitrogen and oxygen atoms in total. The number of para-hydroxylation sites is 1. The molecule has 1 aliphatic heterocycles. The lowest BCUT2D eigenvalue weighted by molar-refractivity contribution is 0.00578. The van der Waals surface area contributed by atoms with Crippen molar-refractivity contribution in [2.75, 3.05) is 0 Å². The molecule has 0 amide bonds. The van der Waals surface area contributed by atoms with E-state index >= 15 is 0 Å². The zero-order valence-electron chi connectivity index (χ0n) is 27.8. The first-order valence-electron chi connectivity index (χ1n) is 15.1. The van der Waals surface area contributed by atoms with Crippen LogP contribution in [0.5, 0.6) is 0 Å². The van der Waals surface area contributed by atoms with Crippen LogP contribution < -0.4 is 5.46 Å². The van der Waals surface area contributed by atoms with E-state index in [0.29, 0.717) is 0 Å².